The fourth-order valence-electron chi connectivity index (χ4n) is 9.09. The first-order chi connectivity index (χ1) is 22.8. The predicted molar refractivity (Wildman–Crippen MR) is 214 cm³/mol. The van der Waals surface area contributed by atoms with Gasteiger partial charge < -0.3 is 0 Å². The quantitative estimate of drug-likeness (QED) is 0.149. The zero-order chi connectivity index (χ0) is 34.7. The third-order valence-corrected chi connectivity index (χ3v) is 63.4. The Kier molecular flexibility index (Phi) is 9.93. The van der Waals surface area contributed by atoms with E-state index in [2.05, 4.69) is 153 Å². The molecular formula is C44H53Cl2SiZr. The van der Waals surface area contributed by atoms with Gasteiger partial charge in [0.2, 0.25) is 0 Å². The number of aryl methyl sites for hydroxylation is 4. The van der Waals surface area contributed by atoms with Gasteiger partial charge in [0, 0.05) is 0 Å². The van der Waals surface area contributed by atoms with Gasteiger partial charge in [0.05, 0.1) is 0 Å². The molecule has 0 heterocycles. The van der Waals surface area contributed by atoms with Gasteiger partial charge in [-0.05, 0) is 0 Å². The van der Waals surface area contributed by atoms with Gasteiger partial charge in [-0.15, -0.1) is 0 Å². The Bertz CT molecular complexity index is 1830. The second-order valence-corrected chi connectivity index (χ2v) is 57.9. The summed E-state index contributed by atoms with van der Waals surface area (Å²) in [4.78, 5) is 0. The molecule has 4 heteroatoms. The first kappa shape index (κ1) is 35.9. The van der Waals surface area contributed by atoms with Crippen LogP contribution in [0.1, 0.15) is 93.3 Å². The van der Waals surface area contributed by atoms with Crippen molar-refractivity contribution in [3.8, 4) is 22.3 Å². The molecular weight excluding hydrogens is 719 g/mol. The molecule has 0 saturated carbocycles. The van der Waals surface area contributed by atoms with Crippen LogP contribution < -0.4 is 0 Å². The average Bonchev–Trinajstić information content (AvgIpc) is 3.66. The van der Waals surface area contributed by atoms with E-state index in [1.807, 2.05) is 0 Å². The number of hydrogen-bond donors (Lipinski definition) is 0. The number of hydrogen-bond acceptors (Lipinski definition) is 0. The van der Waals surface area contributed by atoms with E-state index in [1.54, 1.807) is 0 Å². The Labute approximate surface area is 299 Å². The van der Waals surface area contributed by atoms with Crippen molar-refractivity contribution in [1.29, 1.82) is 0 Å². The number of benzene rings is 4. The molecule has 0 amide bonds. The number of halogens is 2. The maximum absolute atomic E-state index is 8.82. The van der Waals surface area contributed by atoms with Crippen LogP contribution in [-0.4, -0.2) is 5.92 Å². The molecule has 251 valence electrons. The fourth-order valence-corrected chi connectivity index (χ4v) is 40.6. The van der Waals surface area contributed by atoms with Gasteiger partial charge in [0.25, 0.3) is 0 Å². The Balaban J connectivity index is 1.67. The molecule has 0 saturated heterocycles. The van der Waals surface area contributed by atoms with Crippen molar-refractivity contribution in [2.45, 2.75) is 88.6 Å². The van der Waals surface area contributed by atoms with Crippen LogP contribution in [0.5, 0.6) is 0 Å². The molecule has 2 unspecified atom stereocenters. The molecule has 2 aliphatic rings. The molecule has 0 N–H and O–H groups in total. The van der Waals surface area contributed by atoms with E-state index in [9.17, 15) is 0 Å². The molecule has 4 aromatic carbocycles. The second kappa shape index (κ2) is 13.3. The van der Waals surface area contributed by atoms with E-state index in [0.29, 0.717) is 11.8 Å². The van der Waals surface area contributed by atoms with Crippen molar-refractivity contribution >= 4 is 35.1 Å². The van der Waals surface area contributed by atoms with Gasteiger partial charge in [-0.1, -0.05) is 0 Å². The normalized spacial score (nSPS) is 18.2. The topological polar surface area (TPSA) is 0 Å². The van der Waals surface area contributed by atoms with Crippen molar-refractivity contribution in [3.05, 3.63) is 128 Å². The van der Waals surface area contributed by atoms with Crippen LogP contribution in [0.2, 0.25) is 13.1 Å². The molecule has 2 atom stereocenters. The summed E-state index contributed by atoms with van der Waals surface area (Å²) in [6.45, 7) is 23.4. The summed E-state index contributed by atoms with van der Waals surface area (Å²) in [7, 11) is 17.6. The van der Waals surface area contributed by atoms with Gasteiger partial charge in [-0.2, -0.15) is 0 Å². The third-order valence-electron chi connectivity index (χ3n) is 11.8. The minimum atomic E-state index is -4.93. The van der Waals surface area contributed by atoms with Crippen LogP contribution in [0.15, 0.2) is 83.9 Å². The van der Waals surface area contributed by atoms with E-state index in [0.717, 1.165) is 12.8 Å². The summed E-state index contributed by atoms with van der Waals surface area (Å²) >= 11 is -4.93. The van der Waals surface area contributed by atoms with Crippen LogP contribution >= 0.6 is 17.0 Å². The zero-order valence-corrected chi connectivity index (χ0v) is 35.8. The molecule has 4 aromatic rings. The second-order valence-electron chi connectivity index (χ2n) is 15.4. The van der Waals surface area contributed by atoms with Crippen molar-refractivity contribution < 1.29 is 15.6 Å². The van der Waals surface area contributed by atoms with Crippen LogP contribution in [-0.2, 0) is 28.4 Å². The first-order valence-electron chi connectivity index (χ1n) is 18.2. The third kappa shape index (κ3) is 5.48. The number of rotatable bonds is 9. The Morgan fingerprint density at radius 1 is 0.604 bits per heavy atom. The minimum absolute atomic E-state index is 0.0790. The summed E-state index contributed by atoms with van der Waals surface area (Å²) in [5, 5.41) is 0. The summed E-state index contributed by atoms with van der Waals surface area (Å²) in [5.74, 6) is -0.995. The molecule has 0 spiro atoms. The number of allylic oxidation sites excluding steroid dienone is 2. The van der Waals surface area contributed by atoms with Gasteiger partial charge >= 0.3 is 302 Å². The summed E-state index contributed by atoms with van der Waals surface area (Å²) in [6, 6.07) is 27.4. The monoisotopic (exact) mass is 769 g/mol. The summed E-state index contributed by atoms with van der Waals surface area (Å²) in [5.41, 5.74) is 19.2. The average molecular weight is 772 g/mol. The first-order valence-corrected chi connectivity index (χ1v) is 34.5. The van der Waals surface area contributed by atoms with Crippen LogP contribution in [0, 0.1) is 25.7 Å². The van der Waals surface area contributed by atoms with Crippen molar-refractivity contribution in [3.63, 3.8) is 0 Å². The molecule has 0 fully saturated rings. The molecule has 0 nitrogen and oxygen atoms in total. The van der Waals surface area contributed by atoms with Gasteiger partial charge in [0.15, 0.2) is 0 Å². The molecule has 0 radical (unpaired) electrons. The van der Waals surface area contributed by atoms with Crippen molar-refractivity contribution in [2.75, 3.05) is 0 Å². The van der Waals surface area contributed by atoms with Gasteiger partial charge in [-0.25, -0.2) is 0 Å². The molecule has 6 rings (SSSR count). The summed E-state index contributed by atoms with van der Waals surface area (Å²) in [6.07, 6.45) is 7.06. The van der Waals surface area contributed by atoms with E-state index in [-0.39, 0.29) is 7.25 Å². The zero-order valence-electron chi connectivity index (χ0n) is 30.6. The Morgan fingerprint density at radius 3 is 1.31 bits per heavy atom. The van der Waals surface area contributed by atoms with Gasteiger partial charge in [-0.3, -0.25) is 0 Å². The maximum atomic E-state index is 8.82. The molecule has 0 aliphatic heterocycles. The summed E-state index contributed by atoms with van der Waals surface area (Å²) < 4.78 is 0.158. The van der Waals surface area contributed by atoms with E-state index in [4.69, 9.17) is 17.0 Å². The Hall–Kier alpha value is -1.96. The van der Waals surface area contributed by atoms with E-state index >= 15 is 0 Å². The van der Waals surface area contributed by atoms with Gasteiger partial charge in [0.1, 0.15) is 0 Å². The molecule has 2 aliphatic carbocycles. The van der Waals surface area contributed by atoms with Crippen molar-refractivity contribution in [1.82, 2.24) is 0 Å². The van der Waals surface area contributed by atoms with Crippen LogP contribution in [0.4, 0.5) is 0 Å². The van der Waals surface area contributed by atoms with E-state index < -0.39 is 21.5 Å². The van der Waals surface area contributed by atoms with Crippen molar-refractivity contribution in [2.24, 2.45) is 11.8 Å². The molecule has 0 aromatic heterocycles. The Morgan fingerprint density at radius 2 is 0.979 bits per heavy atom. The fraction of sp³-hybridized carbons (Fsp3) is 0.364. The van der Waals surface area contributed by atoms with Crippen LogP contribution in [0.25, 0.3) is 34.4 Å². The standard InChI is InChI=1S/2C21H23.C2H7Si.2ClH.Zr/c2*1-5-16-8-6-7-9-19(16)21-15(4)10-11-17-12-18(14(2)3)13-20(17)21;1-3-2;;;/h2*6-14H,5H2,1-4H3;3H,1-2H3;2*1H;/q;;;;;+2/p-2. The predicted octanol–water partition coefficient (Wildman–Crippen LogP) is 13.6. The molecule has 48 heavy (non-hydrogen) atoms. The SMILES string of the molecule is CCc1ccccc1-c1c(C)ccc2c1C=C(C(C)C)[CH]2[Zr]([Cl])([Cl])([CH]1C(C(C)C)=Cc2c1ccc(C)c2-c1ccccc1CC)[SiH](C)C. The molecule has 0 bridgehead atoms. The van der Waals surface area contributed by atoms with Crippen LogP contribution in [0.3, 0.4) is 0 Å². The van der Waals surface area contributed by atoms with E-state index in [1.165, 1.54) is 77.9 Å². The number of fused-ring (bicyclic) bond motifs is 2.